The molecule has 0 fully saturated rings. The molecular formula is C25H28N4O3S. The maximum Gasteiger partial charge on any atom is 0.240 e. The molecule has 0 saturated carbocycles. The normalized spacial score (nSPS) is 11.9. The van der Waals surface area contributed by atoms with Crippen LogP contribution >= 0.6 is 0 Å². The van der Waals surface area contributed by atoms with Crippen molar-refractivity contribution in [3.63, 3.8) is 0 Å². The molecule has 0 aliphatic heterocycles. The van der Waals surface area contributed by atoms with E-state index in [4.69, 9.17) is 4.74 Å². The highest BCUT2D eigenvalue weighted by Crippen LogP contribution is 2.20. The third-order valence-corrected chi connectivity index (χ3v) is 6.77. The summed E-state index contributed by atoms with van der Waals surface area (Å²) in [7, 11) is -2.06. The molecule has 0 saturated heterocycles. The second-order valence-corrected chi connectivity index (χ2v) is 10.1. The van der Waals surface area contributed by atoms with Gasteiger partial charge in [-0.1, -0.05) is 38.1 Å². The van der Waals surface area contributed by atoms with E-state index in [0.717, 1.165) is 23.3 Å². The molecule has 2 aromatic carbocycles. The first-order valence-corrected chi connectivity index (χ1v) is 12.4. The van der Waals surface area contributed by atoms with Crippen LogP contribution in [0.1, 0.15) is 30.8 Å². The first-order chi connectivity index (χ1) is 15.9. The van der Waals surface area contributed by atoms with Crippen LogP contribution in [0.5, 0.6) is 5.75 Å². The second-order valence-electron chi connectivity index (χ2n) is 8.38. The lowest BCUT2D eigenvalue weighted by atomic mass is 10.0. The average Bonchev–Trinajstić information content (AvgIpc) is 3.15. The fourth-order valence-electron chi connectivity index (χ4n) is 3.78. The van der Waals surface area contributed by atoms with Crippen molar-refractivity contribution in [1.82, 2.24) is 19.3 Å². The van der Waals surface area contributed by atoms with Crippen LogP contribution in [0.15, 0.2) is 71.8 Å². The molecule has 4 rings (SSSR count). The van der Waals surface area contributed by atoms with Crippen LogP contribution in [-0.2, 0) is 29.5 Å². The maximum absolute atomic E-state index is 12.9. The largest absolute Gasteiger partial charge is 0.497 e. The second kappa shape index (κ2) is 9.72. The number of aromatic nitrogens is 3. The van der Waals surface area contributed by atoms with Gasteiger partial charge in [0.1, 0.15) is 17.1 Å². The van der Waals surface area contributed by atoms with Gasteiger partial charge in [0.2, 0.25) is 10.0 Å². The SMILES string of the molecule is COc1cccc(Cn2c(CNS(=O)(=O)c3ccc(CC(C)C)cc3)nc3cccnc32)c1. The summed E-state index contributed by atoms with van der Waals surface area (Å²) in [5.41, 5.74) is 3.54. The summed E-state index contributed by atoms with van der Waals surface area (Å²) in [6.45, 7) is 4.82. The average molecular weight is 465 g/mol. The van der Waals surface area contributed by atoms with E-state index in [1.54, 1.807) is 25.4 Å². The van der Waals surface area contributed by atoms with Crippen LogP contribution in [0.4, 0.5) is 0 Å². The Hall–Kier alpha value is -3.23. The highest BCUT2D eigenvalue weighted by molar-refractivity contribution is 7.89. The van der Waals surface area contributed by atoms with Crippen LogP contribution in [0.25, 0.3) is 11.2 Å². The van der Waals surface area contributed by atoms with Crippen molar-refractivity contribution in [2.24, 2.45) is 5.92 Å². The zero-order valence-electron chi connectivity index (χ0n) is 19.0. The summed E-state index contributed by atoms with van der Waals surface area (Å²) >= 11 is 0. The number of rotatable bonds is 9. The quantitative estimate of drug-likeness (QED) is 0.402. The van der Waals surface area contributed by atoms with E-state index in [1.807, 2.05) is 53.1 Å². The van der Waals surface area contributed by atoms with Crippen molar-refractivity contribution in [2.45, 2.75) is 38.3 Å². The van der Waals surface area contributed by atoms with E-state index in [2.05, 4.69) is 28.5 Å². The fourth-order valence-corrected chi connectivity index (χ4v) is 4.76. The lowest BCUT2D eigenvalue weighted by Crippen LogP contribution is -2.25. The van der Waals surface area contributed by atoms with Crippen molar-refractivity contribution in [1.29, 1.82) is 0 Å². The van der Waals surface area contributed by atoms with E-state index < -0.39 is 10.0 Å². The number of sulfonamides is 1. The van der Waals surface area contributed by atoms with Crippen molar-refractivity contribution in [3.05, 3.63) is 83.8 Å². The van der Waals surface area contributed by atoms with Gasteiger partial charge in [0.05, 0.1) is 25.1 Å². The van der Waals surface area contributed by atoms with Gasteiger partial charge in [-0.15, -0.1) is 0 Å². The van der Waals surface area contributed by atoms with Gasteiger partial charge in [0.15, 0.2) is 5.65 Å². The summed E-state index contributed by atoms with van der Waals surface area (Å²) in [6.07, 6.45) is 2.62. The summed E-state index contributed by atoms with van der Waals surface area (Å²) in [5.74, 6) is 1.86. The van der Waals surface area contributed by atoms with Crippen LogP contribution in [0.2, 0.25) is 0 Å². The minimum absolute atomic E-state index is 0.0520. The number of methoxy groups -OCH3 is 1. The smallest absolute Gasteiger partial charge is 0.240 e. The highest BCUT2D eigenvalue weighted by atomic mass is 32.2. The number of benzene rings is 2. The number of pyridine rings is 1. The van der Waals surface area contributed by atoms with Gasteiger partial charge in [0, 0.05) is 6.20 Å². The third-order valence-electron chi connectivity index (χ3n) is 5.36. The Morgan fingerprint density at radius 1 is 1.03 bits per heavy atom. The number of nitrogens with one attached hydrogen (secondary N) is 1. The molecule has 7 nitrogen and oxygen atoms in total. The van der Waals surface area contributed by atoms with Gasteiger partial charge in [-0.25, -0.2) is 23.1 Å². The Balaban J connectivity index is 1.58. The summed E-state index contributed by atoms with van der Waals surface area (Å²) < 4.78 is 35.8. The molecule has 0 aliphatic rings. The number of imidazole rings is 1. The number of hydrogen-bond acceptors (Lipinski definition) is 5. The predicted molar refractivity (Wildman–Crippen MR) is 129 cm³/mol. The van der Waals surface area contributed by atoms with Gasteiger partial charge in [-0.3, -0.25) is 0 Å². The van der Waals surface area contributed by atoms with Crippen molar-refractivity contribution >= 4 is 21.2 Å². The molecule has 0 radical (unpaired) electrons. The molecule has 172 valence electrons. The van der Waals surface area contributed by atoms with Crippen molar-refractivity contribution in [3.8, 4) is 5.75 Å². The first kappa shape index (κ1) is 22.9. The molecule has 0 atom stereocenters. The zero-order chi connectivity index (χ0) is 23.4. The molecule has 0 unspecified atom stereocenters. The maximum atomic E-state index is 12.9. The molecule has 0 spiro atoms. The Bertz CT molecular complexity index is 1350. The van der Waals surface area contributed by atoms with E-state index in [0.29, 0.717) is 29.5 Å². The molecule has 0 aliphatic carbocycles. The van der Waals surface area contributed by atoms with E-state index >= 15 is 0 Å². The van der Waals surface area contributed by atoms with Gasteiger partial charge in [0.25, 0.3) is 0 Å². The molecule has 4 aromatic rings. The molecule has 1 N–H and O–H groups in total. The number of nitrogens with zero attached hydrogens (tertiary/aromatic N) is 3. The first-order valence-electron chi connectivity index (χ1n) is 10.9. The Morgan fingerprint density at radius 3 is 2.55 bits per heavy atom. The molecule has 0 bridgehead atoms. The summed E-state index contributed by atoms with van der Waals surface area (Å²) in [6, 6.07) is 18.5. The van der Waals surface area contributed by atoms with E-state index in [1.165, 1.54) is 0 Å². The molecular weight excluding hydrogens is 436 g/mol. The zero-order valence-corrected chi connectivity index (χ0v) is 19.8. The molecule has 2 aromatic heterocycles. The van der Waals surface area contributed by atoms with Crippen molar-refractivity contribution in [2.75, 3.05) is 7.11 Å². The summed E-state index contributed by atoms with van der Waals surface area (Å²) in [4.78, 5) is 9.35. The molecule has 2 heterocycles. The number of hydrogen-bond donors (Lipinski definition) is 1. The lowest BCUT2D eigenvalue weighted by Gasteiger charge is -2.12. The standard InChI is InChI=1S/C25H28N4O3S/c1-18(2)14-19-9-11-22(12-10-19)33(30,31)27-16-24-28-23-8-5-13-26-25(23)29(24)17-20-6-4-7-21(15-20)32-3/h4-13,15,18,27H,14,16-17H2,1-3H3. The Kier molecular flexibility index (Phi) is 6.76. The van der Waals surface area contributed by atoms with Crippen molar-refractivity contribution < 1.29 is 13.2 Å². The van der Waals surface area contributed by atoms with Crippen LogP contribution in [0, 0.1) is 5.92 Å². The van der Waals surface area contributed by atoms with Crippen LogP contribution in [-0.4, -0.2) is 30.1 Å². The molecule has 0 amide bonds. The van der Waals surface area contributed by atoms with Crippen LogP contribution < -0.4 is 9.46 Å². The predicted octanol–water partition coefficient (Wildman–Crippen LogP) is 4.17. The minimum Gasteiger partial charge on any atom is -0.497 e. The monoisotopic (exact) mass is 464 g/mol. The number of fused-ring (bicyclic) bond motifs is 1. The third kappa shape index (κ3) is 5.40. The van der Waals surface area contributed by atoms with Crippen LogP contribution in [0.3, 0.4) is 0 Å². The van der Waals surface area contributed by atoms with Gasteiger partial charge >= 0.3 is 0 Å². The van der Waals surface area contributed by atoms with Gasteiger partial charge in [-0.05, 0) is 59.9 Å². The Labute approximate surface area is 194 Å². The lowest BCUT2D eigenvalue weighted by molar-refractivity contribution is 0.414. The fraction of sp³-hybridized carbons (Fsp3) is 0.280. The van der Waals surface area contributed by atoms with E-state index in [-0.39, 0.29) is 11.4 Å². The Morgan fingerprint density at radius 2 is 1.82 bits per heavy atom. The van der Waals surface area contributed by atoms with E-state index in [9.17, 15) is 8.42 Å². The molecule has 8 heteroatoms. The summed E-state index contributed by atoms with van der Waals surface area (Å²) in [5, 5.41) is 0. The topological polar surface area (TPSA) is 86.1 Å². The van der Waals surface area contributed by atoms with Gasteiger partial charge < -0.3 is 9.30 Å². The van der Waals surface area contributed by atoms with Gasteiger partial charge in [-0.2, -0.15) is 0 Å². The molecule has 33 heavy (non-hydrogen) atoms. The minimum atomic E-state index is -3.69. The number of ether oxygens (including phenoxy) is 1. The highest BCUT2D eigenvalue weighted by Gasteiger charge is 2.18.